The zero-order valence-electron chi connectivity index (χ0n) is 10.2. The molecule has 0 fully saturated rings. The second-order valence-corrected chi connectivity index (χ2v) is 7.46. The first kappa shape index (κ1) is 15.3. The second kappa shape index (κ2) is 6.40. The highest BCUT2D eigenvalue weighted by atomic mass is 32.2. The number of hydrogen-bond acceptors (Lipinski definition) is 3. The maximum absolute atomic E-state index is 13.3. The molecular weight excluding hydrogens is 277 g/mol. The molecule has 1 N–H and O–H groups in total. The van der Waals surface area contributed by atoms with Crippen LogP contribution in [0.15, 0.2) is 29.2 Å². The lowest BCUT2D eigenvalue weighted by Gasteiger charge is -2.10. The van der Waals surface area contributed by atoms with E-state index in [2.05, 4.69) is 4.72 Å². The van der Waals surface area contributed by atoms with Gasteiger partial charge in [0.25, 0.3) is 0 Å². The van der Waals surface area contributed by atoms with Gasteiger partial charge >= 0.3 is 0 Å². The summed E-state index contributed by atoms with van der Waals surface area (Å²) in [5.41, 5.74) is 0. The maximum Gasteiger partial charge on any atom is 0.243 e. The van der Waals surface area contributed by atoms with E-state index >= 15 is 0 Å². The normalized spacial score (nSPS) is 15.3. The molecule has 1 aromatic carbocycles. The number of nitrogens with one attached hydrogen (secondary N) is 1. The molecule has 0 bridgehead atoms. The summed E-state index contributed by atoms with van der Waals surface area (Å²) in [5, 5.41) is -0.103. The van der Waals surface area contributed by atoms with Gasteiger partial charge in [-0.15, -0.1) is 0 Å². The van der Waals surface area contributed by atoms with Crippen LogP contribution in [0.5, 0.6) is 0 Å². The Balaban J connectivity index is 2.67. The smallest absolute Gasteiger partial charge is 0.243 e. The Kier molecular flexibility index (Phi) is 5.43. The van der Waals surface area contributed by atoms with Gasteiger partial charge in [0.2, 0.25) is 10.0 Å². The average molecular weight is 293 g/mol. The van der Waals surface area contributed by atoms with Crippen molar-refractivity contribution < 1.29 is 17.0 Å². The SMILES string of the molecule is CC(CCNS(=O)(=O)c1ccccc1F)S(C)=O. The largest absolute Gasteiger partial charge is 0.260 e. The quantitative estimate of drug-likeness (QED) is 0.859. The van der Waals surface area contributed by atoms with E-state index in [0.29, 0.717) is 6.42 Å². The molecule has 0 aromatic heterocycles. The molecule has 0 amide bonds. The molecule has 0 saturated heterocycles. The maximum atomic E-state index is 13.3. The van der Waals surface area contributed by atoms with Crippen LogP contribution in [0.4, 0.5) is 4.39 Å². The van der Waals surface area contributed by atoms with Crippen molar-refractivity contribution in [3.8, 4) is 0 Å². The minimum atomic E-state index is -3.84. The van der Waals surface area contributed by atoms with Crippen LogP contribution in [0, 0.1) is 5.82 Å². The molecule has 2 atom stereocenters. The van der Waals surface area contributed by atoms with Crippen molar-refractivity contribution in [3.63, 3.8) is 0 Å². The standard InChI is InChI=1S/C11H16FNO3S2/c1-9(17(2)14)7-8-13-18(15,16)11-6-4-3-5-10(11)12/h3-6,9,13H,7-8H2,1-2H3. The molecule has 2 unspecified atom stereocenters. The molecule has 0 aliphatic carbocycles. The molecule has 0 aliphatic rings. The van der Waals surface area contributed by atoms with Gasteiger partial charge < -0.3 is 0 Å². The highest BCUT2D eigenvalue weighted by molar-refractivity contribution is 7.89. The van der Waals surface area contributed by atoms with Gasteiger partial charge in [0.05, 0.1) is 0 Å². The van der Waals surface area contributed by atoms with Crippen molar-refractivity contribution in [2.24, 2.45) is 0 Å². The van der Waals surface area contributed by atoms with Crippen molar-refractivity contribution in [1.29, 1.82) is 0 Å². The molecule has 18 heavy (non-hydrogen) atoms. The molecule has 1 aromatic rings. The Bertz CT molecular complexity index is 531. The Morgan fingerprint density at radius 1 is 1.39 bits per heavy atom. The fourth-order valence-electron chi connectivity index (χ4n) is 1.30. The molecular formula is C11H16FNO3S2. The van der Waals surface area contributed by atoms with Gasteiger partial charge in [-0.2, -0.15) is 0 Å². The lowest BCUT2D eigenvalue weighted by molar-refractivity contribution is 0.555. The van der Waals surface area contributed by atoms with Crippen LogP contribution in [0.1, 0.15) is 13.3 Å². The fourth-order valence-corrected chi connectivity index (χ4v) is 2.88. The van der Waals surface area contributed by atoms with E-state index in [1.165, 1.54) is 18.2 Å². The van der Waals surface area contributed by atoms with Crippen LogP contribution in [-0.2, 0) is 20.8 Å². The van der Waals surface area contributed by atoms with Crippen LogP contribution >= 0.6 is 0 Å². The Morgan fingerprint density at radius 2 is 2.00 bits per heavy atom. The predicted octanol–water partition coefficient (Wildman–Crippen LogP) is 1.26. The Morgan fingerprint density at radius 3 is 2.56 bits per heavy atom. The first-order chi connectivity index (χ1) is 8.34. The van der Waals surface area contributed by atoms with Crippen LogP contribution in [-0.4, -0.2) is 30.7 Å². The lowest BCUT2D eigenvalue weighted by atomic mass is 10.3. The van der Waals surface area contributed by atoms with Crippen molar-refractivity contribution in [2.75, 3.05) is 12.8 Å². The molecule has 0 heterocycles. The van der Waals surface area contributed by atoms with Gasteiger partial charge in [-0.05, 0) is 18.6 Å². The third-order valence-electron chi connectivity index (χ3n) is 2.54. The lowest BCUT2D eigenvalue weighted by Crippen LogP contribution is -2.28. The van der Waals surface area contributed by atoms with Crippen molar-refractivity contribution in [1.82, 2.24) is 4.72 Å². The number of rotatable bonds is 6. The number of hydrogen-bond donors (Lipinski definition) is 1. The van der Waals surface area contributed by atoms with E-state index < -0.39 is 26.6 Å². The summed E-state index contributed by atoms with van der Waals surface area (Å²) in [5.74, 6) is -0.780. The van der Waals surface area contributed by atoms with Crippen molar-refractivity contribution in [2.45, 2.75) is 23.5 Å². The summed E-state index contributed by atoms with van der Waals surface area (Å²) in [6, 6.07) is 5.19. The summed E-state index contributed by atoms with van der Waals surface area (Å²) in [6.07, 6.45) is 2.01. The highest BCUT2D eigenvalue weighted by Crippen LogP contribution is 2.13. The monoisotopic (exact) mass is 293 g/mol. The first-order valence-corrected chi connectivity index (χ1v) is 8.51. The van der Waals surface area contributed by atoms with Crippen LogP contribution in [0.25, 0.3) is 0 Å². The fraction of sp³-hybridized carbons (Fsp3) is 0.455. The minimum absolute atomic E-state index is 0.103. The van der Waals surface area contributed by atoms with Gasteiger partial charge in [0.15, 0.2) is 0 Å². The zero-order chi connectivity index (χ0) is 13.8. The number of halogens is 1. The third kappa shape index (κ3) is 4.15. The van der Waals surface area contributed by atoms with Gasteiger partial charge in [-0.3, -0.25) is 4.21 Å². The topological polar surface area (TPSA) is 63.2 Å². The van der Waals surface area contributed by atoms with Crippen LogP contribution in [0.3, 0.4) is 0 Å². The zero-order valence-corrected chi connectivity index (χ0v) is 11.9. The van der Waals surface area contributed by atoms with E-state index in [9.17, 15) is 17.0 Å². The van der Waals surface area contributed by atoms with E-state index in [-0.39, 0.29) is 16.7 Å². The summed E-state index contributed by atoms with van der Waals surface area (Å²) in [4.78, 5) is -0.365. The molecule has 1 rings (SSSR count). The summed E-state index contributed by atoms with van der Waals surface area (Å²) >= 11 is 0. The molecule has 0 radical (unpaired) electrons. The summed E-state index contributed by atoms with van der Waals surface area (Å²) < 4.78 is 50.3. The summed E-state index contributed by atoms with van der Waals surface area (Å²) in [7, 11) is -4.83. The number of sulfonamides is 1. The molecule has 0 saturated carbocycles. The van der Waals surface area contributed by atoms with Crippen LogP contribution < -0.4 is 4.72 Å². The second-order valence-electron chi connectivity index (χ2n) is 3.93. The Labute approximate surface area is 109 Å². The van der Waals surface area contributed by atoms with Crippen molar-refractivity contribution >= 4 is 20.8 Å². The number of benzene rings is 1. The van der Waals surface area contributed by atoms with Gasteiger partial charge in [0, 0.05) is 28.9 Å². The van der Waals surface area contributed by atoms with E-state index in [1.54, 1.807) is 13.2 Å². The van der Waals surface area contributed by atoms with Gasteiger partial charge in [-0.25, -0.2) is 17.5 Å². The Hall–Kier alpha value is -0.790. The van der Waals surface area contributed by atoms with Gasteiger partial charge in [0.1, 0.15) is 10.7 Å². The first-order valence-electron chi connectivity index (χ1n) is 5.41. The van der Waals surface area contributed by atoms with E-state index in [4.69, 9.17) is 0 Å². The molecule has 0 spiro atoms. The molecule has 102 valence electrons. The molecule has 0 aliphatic heterocycles. The van der Waals surface area contributed by atoms with Gasteiger partial charge in [-0.1, -0.05) is 19.1 Å². The molecule has 4 nitrogen and oxygen atoms in total. The average Bonchev–Trinajstić information content (AvgIpc) is 2.28. The van der Waals surface area contributed by atoms with E-state index in [0.717, 1.165) is 6.07 Å². The third-order valence-corrected chi connectivity index (χ3v) is 5.40. The van der Waals surface area contributed by atoms with E-state index in [1.807, 2.05) is 0 Å². The van der Waals surface area contributed by atoms with Crippen molar-refractivity contribution in [3.05, 3.63) is 30.1 Å². The summed E-state index contributed by atoms with van der Waals surface area (Å²) in [6.45, 7) is 1.91. The highest BCUT2D eigenvalue weighted by Gasteiger charge is 2.18. The minimum Gasteiger partial charge on any atom is -0.260 e. The van der Waals surface area contributed by atoms with Crippen LogP contribution in [0.2, 0.25) is 0 Å². The predicted molar refractivity (Wildman–Crippen MR) is 69.7 cm³/mol. The molecule has 7 heteroatoms.